The van der Waals surface area contributed by atoms with Gasteiger partial charge in [0.15, 0.2) is 0 Å². The van der Waals surface area contributed by atoms with Crippen LogP contribution in [0.2, 0.25) is 0 Å². The molecule has 0 aliphatic carbocycles. The van der Waals surface area contributed by atoms with Gasteiger partial charge in [-0.25, -0.2) is 8.78 Å². The van der Waals surface area contributed by atoms with Crippen LogP contribution < -0.4 is 5.73 Å². The summed E-state index contributed by atoms with van der Waals surface area (Å²) in [6.07, 6.45) is -2.78. The number of hydrogen-bond donors (Lipinski definition) is 1. The molecule has 0 aliphatic rings. The summed E-state index contributed by atoms with van der Waals surface area (Å²) in [5.74, 6) is 0.0549. The van der Waals surface area contributed by atoms with Gasteiger partial charge in [0.1, 0.15) is 5.69 Å². The molecule has 1 aromatic rings. The Labute approximate surface area is 90.5 Å². The summed E-state index contributed by atoms with van der Waals surface area (Å²) in [6.45, 7) is 0. The second kappa shape index (κ2) is 4.89. The maximum Gasteiger partial charge on any atom is 0.280 e. The van der Waals surface area contributed by atoms with E-state index in [1.54, 1.807) is 0 Å². The molecule has 0 aromatic carbocycles. The summed E-state index contributed by atoms with van der Waals surface area (Å²) >= 11 is 5.59. The minimum absolute atomic E-state index is 0.0549. The summed E-state index contributed by atoms with van der Waals surface area (Å²) in [6, 6.07) is 2.92. The summed E-state index contributed by atoms with van der Waals surface area (Å²) in [5, 5.41) is 8.50. The molecule has 15 heavy (non-hydrogen) atoms. The molecule has 2 N–H and O–H groups in total. The van der Waals surface area contributed by atoms with Crippen molar-refractivity contribution < 1.29 is 8.78 Å². The minimum Gasteiger partial charge on any atom is -0.398 e. The van der Waals surface area contributed by atoms with Crippen LogP contribution in [0, 0.1) is 11.3 Å². The quantitative estimate of drug-likeness (QED) is 0.813. The highest BCUT2D eigenvalue weighted by atomic mass is 35.5. The molecule has 0 unspecified atom stereocenters. The van der Waals surface area contributed by atoms with Crippen LogP contribution in [0.25, 0.3) is 0 Å². The molecule has 0 saturated heterocycles. The molecular formula is C9H8ClF2N3. The number of rotatable bonds is 3. The first-order valence-corrected chi connectivity index (χ1v) is 4.62. The Morgan fingerprint density at radius 3 is 2.73 bits per heavy atom. The third-order valence-corrected chi connectivity index (χ3v) is 2.14. The number of aromatic nitrogens is 1. The number of nitrogen functional groups attached to an aromatic ring is 1. The molecule has 0 spiro atoms. The Kier molecular flexibility index (Phi) is 3.81. The van der Waals surface area contributed by atoms with Crippen LogP contribution in [0.4, 0.5) is 14.5 Å². The van der Waals surface area contributed by atoms with Crippen molar-refractivity contribution in [2.75, 3.05) is 5.73 Å². The zero-order valence-electron chi connectivity index (χ0n) is 7.67. The molecule has 1 aromatic heterocycles. The van der Waals surface area contributed by atoms with E-state index in [0.29, 0.717) is 5.56 Å². The highest BCUT2D eigenvalue weighted by molar-refractivity contribution is 6.17. The zero-order valence-corrected chi connectivity index (χ0v) is 8.43. The van der Waals surface area contributed by atoms with Crippen LogP contribution in [0.1, 0.15) is 23.4 Å². The van der Waals surface area contributed by atoms with E-state index in [0.717, 1.165) is 6.07 Å². The van der Waals surface area contributed by atoms with Crippen LogP contribution in [-0.2, 0) is 12.3 Å². The summed E-state index contributed by atoms with van der Waals surface area (Å²) < 4.78 is 24.7. The Balaban J connectivity index is 3.26. The van der Waals surface area contributed by atoms with Gasteiger partial charge in [-0.3, -0.25) is 4.98 Å². The van der Waals surface area contributed by atoms with Crippen LogP contribution in [0.15, 0.2) is 6.07 Å². The smallest absolute Gasteiger partial charge is 0.280 e. The van der Waals surface area contributed by atoms with Crippen molar-refractivity contribution in [1.29, 1.82) is 5.26 Å². The number of nitrogens with zero attached hydrogens (tertiary/aromatic N) is 2. The largest absolute Gasteiger partial charge is 0.398 e. The highest BCUT2D eigenvalue weighted by Crippen LogP contribution is 2.25. The molecule has 0 amide bonds. The van der Waals surface area contributed by atoms with Gasteiger partial charge in [-0.05, 0) is 6.07 Å². The number of alkyl halides is 3. The number of pyridine rings is 1. The number of nitriles is 1. The third-order valence-electron chi connectivity index (χ3n) is 1.87. The molecule has 0 saturated carbocycles. The lowest BCUT2D eigenvalue weighted by molar-refractivity contribution is 0.146. The fraction of sp³-hybridized carbons (Fsp3) is 0.333. The lowest BCUT2D eigenvalue weighted by atomic mass is 10.1. The number of anilines is 1. The molecule has 1 heterocycles. The first-order chi connectivity index (χ1) is 7.10. The maximum atomic E-state index is 12.4. The zero-order chi connectivity index (χ0) is 11.4. The van der Waals surface area contributed by atoms with Gasteiger partial charge in [0.05, 0.1) is 24.1 Å². The third kappa shape index (κ3) is 2.54. The summed E-state index contributed by atoms with van der Waals surface area (Å²) in [7, 11) is 0. The van der Waals surface area contributed by atoms with Gasteiger partial charge in [0.25, 0.3) is 6.43 Å². The normalized spacial score (nSPS) is 10.3. The predicted molar refractivity (Wildman–Crippen MR) is 52.5 cm³/mol. The van der Waals surface area contributed by atoms with Crippen molar-refractivity contribution in [2.24, 2.45) is 0 Å². The Bertz CT molecular complexity index is 401. The summed E-state index contributed by atoms with van der Waals surface area (Å²) in [5.41, 5.74) is 5.93. The van der Waals surface area contributed by atoms with Crippen molar-refractivity contribution in [3.8, 4) is 6.07 Å². The number of nitrogens with two attached hydrogens (primary N) is 1. The Morgan fingerprint density at radius 2 is 2.27 bits per heavy atom. The number of hydrogen-bond acceptors (Lipinski definition) is 3. The highest BCUT2D eigenvalue weighted by Gasteiger charge is 2.15. The standard InChI is InChI=1S/C9H8ClF2N3/c10-4-5-6(14)3-8(9(11)12)15-7(5)1-2-13/h3,9H,1,4H2,(H2,14,15). The van der Waals surface area contributed by atoms with Crippen molar-refractivity contribution in [1.82, 2.24) is 4.98 Å². The molecule has 0 fully saturated rings. The molecule has 0 aliphatic heterocycles. The van der Waals surface area contributed by atoms with Crippen LogP contribution >= 0.6 is 11.6 Å². The fourth-order valence-electron chi connectivity index (χ4n) is 1.16. The van der Waals surface area contributed by atoms with E-state index in [1.807, 2.05) is 6.07 Å². The second-order valence-corrected chi connectivity index (χ2v) is 3.10. The van der Waals surface area contributed by atoms with Crippen LogP contribution in [0.3, 0.4) is 0 Å². The monoisotopic (exact) mass is 231 g/mol. The average molecular weight is 232 g/mol. The predicted octanol–water partition coefficient (Wildman–Crippen LogP) is 2.41. The number of halogens is 3. The average Bonchev–Trinajstić information content (AvgIpc) is 2.17. The Hall–Kier alpha value is -1.41. The van der Waals surface area contributed by atoms with Crippen molar-refractivity contribution >= 4 is 17.3 Å². The molecular weight excluding hydrogens is 224 g/mol. The van der Waals surface area contributed by atoms with Crippen molar-refractivity contribution in [2.45, 2.75) is 18.7 Å². The Morgan fingerprint density at radius 1 is 1.60 bits per heavy atom. The van der Waals surface area contributed by atoms with E-state index < -0.39 is 12.1 Å². The lowest BCUT2D eigenvalue weighted by Crippen LogP contribution is -2.05. The van der Waals surface area contributed by atoms with E-state index in [1.165, 1.54) is 0 Å². The van der Waals surface area contributed by atoms with Gasteiger partial charge in [-0.1, -0.05) is 0 Å². The van der Waals surface area contributed by atoms with Crippen molar-refractivity contribution in [3.63, 3.8) is 0 Å². The molecule has 80 valence electrons. The second-order valence-electron chi connectivity index (χ2n) is 2.83. The van der Waals surface area contributed by atoms with Crippen LogP contribution in [-0.4, -0.2) is 4.98 Å². The van der Waals surface area contributed by atoms with E-state index in [-0.39, 0.29) is 23.7 Å². The van der Waals surface area contributed by atoms with E-state index in [2.05, 4.69) is 4.98 Å². The van der Waals surface area contributed by atoms with Crippen LogP contribution in [0.5, 0.6) is 0 Å². The molecule has 1 rings (SSSR count). The van der Waals surface area contributed by atoms with Gasteiger partial charge >= 0.3 is 0 Å². The molecule has 6 heteroatoms. The lowest BCUT2D eigenvalue weighted by Gasteiger charge is -2.09. The molecule has 0 atom stereocenters. The molecule has 3 nitrogen and oxygen atoms in total. The van der Waals surface area contributed by atoms with E-state index in [4.69, 9.17) is 22.6 Å². The van der Waals surface area contributed by atoms with Gasteiger partial charge in [0.2, 0.25) is 0 Å². The topological polar surface area (TPSA) is 62.7 Å². The van der Waals surface area contributed by atoms with Crippen molar-refractivity contribution in [3.05, 3.63) is 23.0 Å². The van der Waals surface area contributed by atoms with Gasteiger partial charge in [-0.15, -0.1) is 11.6 Å². The fourth-order valence-corrected chi connectivity index (χ4v) is 1.46. The van der Waals surface area contributed by atoms with E-state index in [9.17, 15) is 8.78 Å². The van der Waals surface area contributed by atoms with E-state index >= 15 is 0 Å². The molecule has 0 radical (unpaired) electrons. The van der Waals surface area contributed by atoms with Gasteiger partial charge in [-0.2, -0.15) is 5.26 Å². The van der Waals surface area contributed by atoms with Gasteiger partial charge < -0.3 is 5.73 Å². The SMILES string of the molecule is N#CCc1nc(C(F)F)cc(N)c1CCl. The van der Waals surface area contributed by atoms with Gasteiger partial charge in [0, 0.05) is 11.3 Å². The maximum absolute atomic E-state index is 12.4. The first kappa shape index (κ1) is 11.7. The first-order valence-electron chi connectivity index (χ1n) is 4.09. The summed E-state index contributed by atoms with van der Waals surface area (Å²) in [4.78, 5) is 3.66. The molecule has 0 bridgehead atoms. The minimum atomic E-state index is -2.70.